The van der Waals surface area contributed by atoms with Crippen LogP contribution in [0.3, 0.4) is 0 Å². The SMILES string of the molecule is Cc1c(C)c2c(c(-c3ccc(O)cc3)c1Cc1ccccc1)-c1ccccc1C2.O=S(=O)(c1ccc2c(c1S(=O)(=O)C(F)(F)F)Cc1ccccc1-2)C(F)(F)F. The molecule has 13 heteroatoms. The first-order valence-electron chi connectivity index (χ1n) is 17.3. The van der Waals surface area contributed by atoms with Crippen LogP contribution in [0, 0.1) is 13.8 Å². The van der Waals surface area contributed by atoms with E-state index in [0.29, 0.717) is 16.9 Å². The van der Waals surface area contributed by atoms with Gasteiger partial charge in [-0.15, -0.1) is 0 Å². The van der Waals surface area contributed by atoms with Gasteiger partial charge >= 0.3 is 11.0 Å². The van der Waals surface area contributed by atoms with E-state index in [4.69, 9.17) is 0 Å². The van der Waals surface area contributed by atoms with Gasteiger partial charge in [0, 0.05) is 6.42 Å². The molecule has 0 atom stereocenters. The van der Waals surface area contributed by atoms with Crippen molar-refractivity contribution in [3.8, 4) is 39.1 Å². The van der Waals surface area contributed by atoms with E-state index >= 15 is 0 Å². The Morgan fingerprint density at radius 1 is 0.554 bits per heavy atom. The fraction of sp³-hybridized carbons (Fsp3) is 0.163. The zero-order valence-corrected chi connectivity index (χ0v) is 31.4. The highest BCUT2D eigenvalue weighted by molar-refractivity contribution is 7.95. The maximum absolute atomic E-state index is 13.1. The molecular formula is C43H32F6O5S2. The number of halogens is 6. The fourth-order valence-electron chi connectivity index (χ4n) is 7.63. The lowest BCUT2D eigenvalue weighted by atomic mass is 9.82. The Hall–Kier alpha value is -5.40. The quantitative estimate of drug-likeness (QED) is 0.175. The molecule has 0 amide bonds. The normalized spacial score (nSPS) is 13.3. The Morgan fingerprint density at radius 2 is 1.09 bits per heavy atom. The van der Waals surface area contributed by atoms with Crippen molar-refractivity contribution in [2.45, 2.75) is 53.9 Å². The molecule has 0 radical (unpaired) electrons. The summed E-state index contributed by atoms with van der Waals surface area (Å²) >= 11 is 0. The van der Waals surface area contributed by atoms with Crippen LogP contribution in [0.2, 0.25) is 0 Å². The average Bonchev–Trinajstić information content (AvgIpc) is 3.73. The summed E-state index contributed by atoms with van der Waals surface area (Å²) < 4.78 is 126. The standard InChI is InChI=1S/C28H24O.C15H8F6O4S2/c1-18-19(2)26-17-22-10-6-7-11-24(22)28(26)27(21-12-14-23(29)15-13-21)25(18)16-20-8-4-3-5-9-20;16-14(17,18)26(22,23)12-6-5-10-9-4-2-1-3-8(9)7-11(10)13(12)27(24,25)15(19,20)21/h3-15,29H,16-17H2,1-2H3;1-6H,7H2. The Kier molecular flexibility index (Phi) is 9.69. The second-order valence-electron chi connectivity index (χ2n) is 13.7. The second-order valence-corrected chi connectivity index (χ2v) is 17.4. The molecule has 0 heterocycles. The van der Waals surface area contributed by atoms with E-state index in [-0.39, 0.29) is 11.6 Å². The summed E-state index contributed by atoms with van der Waals surface area (Å²) in [7, 11) is -12.7. The van der Waals surface area contributed by atoms with Crippen LogP contribution in [-0.2, 0) is 38.9 Å². The third-order valence-corrected chi connectivity index (χ3v) is 13.7. The van der Waals surface area contributed by atoms with Crippen molar-refractivity contribution in [1.29, 1.82) is 0 Å². The fourth-order valence-corrected chi connectivity index (χ4v) is 10.2. The van der Waals surface area contributed by atoms with Gasteiger partial charge in [-0.1, -0.05) is 97.1 Å². The lowest BCUT2D eigenvalue weighted by Crippen LogP contribution is -2.30. The molecule has 1 N–H and O–H groups in total. The summed E-state index contributed by atoms with van der Waals surface area (Å²) in [5, 5.41) is 9.86. The van der Waals surface area contributed by atoms with E-state index in [2.05, 4.69) is 80.6 Å². The first-order chi connectivity index (χ1) is 26.3. The summed E-state index contributed by atoms with van der Waals surface area (Å²) in [5.41, 5.74) is 1.61. The predicted molar refractivity (Wildman–Crippen MR) is 202 cm³/mol. The van der Waals surface area contributed by atoms with Gasteiger partial charge in [0.05, 0.1) is 9.79 Å². The summed E-state index contributed by atoms with van der Waals surface area (Å²) in [4.78, 5) is -3.81. The lowest BCUT2D eigenvalue weighted by Gasteiger charge is -2.22. The molecule has 5 nitrogen and oxygen atoms in total. The van der Waals surface area contributed by atoms with Crippen LogP contribution in [0.4, 0.5) is 26.3 Å². The molecule has 8 rings (SSSR count). The number of phenols is 1. The number of hydrogen-bond donors (Lipinski definition) is 1. The van der Waals surface area contributed by atoms with Crippen LogP contribution < -0.4 is 0 Å². The van der Waals surface area contributed by atoms with Gasteiger partial charge in [-0.25, -0.2) is 16.8 Å². The van der Waals surface area contributed by atoms with Gasteiger partial charge in [-0.05, 0) is 123 Å². The van der Waals surface area contributed by atoms with E-state index in [1.807, 2.05) is 0 Å². The summed E-state index contributed by atoms with van der Waals surface area (Å²) in [6.07, 6.45) is 1.45. The predicted octanol–water partition coefficient (Wildman–Crippen LogP) is 10.7. The molecule has 2 aliphatic carbocycles. The molecule has 56 heavy (non-hydrogen) atoms. The van der Waals surface area contributed by atoms with Gasteiger partial charge < -0.3 is 5.11 Å². The van der Waals surface area contributed by atoms with E-state index < -0.39 is 52.5 Å². The van der Waals surface area contributed by atoms with Gasteiger partial charge in [0.1, 0.15) is 5.75 Å². The number of alkyl halides is 6. The average molecular weight is 807 g/mol. The molecule has 0 aromatic heterocycles. The molecule has 0 saturated carbocycles. The van der Waals surface area contributed by atoms with Crippen molar-refractivity contribution < 1.29 is 48.3 Å². The molecule has 6 aromatic rings. The van der Waals surface area contributed by atoms with Gasteiger partial charge in [-0.3, -0.25) is 0 Å². The van der Waals surface area contributed by atoms with Crippen LogP contribution in [-0.4, -0.2) is 33.0 Å². The van der Waals surface area contributed by atoms with E-state index in [0.717, 1.165) is 18.9 Å². The molecule has 0 unspecified atom stereocenters. The second kappa shape index (κ2) is 14.0. The molecule has 0 saturated heterocycles. The summed E-state index contributed by atoms with van der Waals surface area (Å²) in [6, 6.07) is 34.2. The van der Waals surface area contributed by atoms with Crippen molar-refractivity contribution in [2.75, 3.05) is 0 Å². The highest BCUT2D eigenvalue weighted by atomic mass is 32.2. The molecule has 0 bridgehead atoms. The Balaban J connectivity index is 0.000000172. The monoisotopic (exact) mass is 806 g/mol. The minimum Gasteiger partial charge on any atom is -0.508 e. The molecule has 0 fully saturated rings. The number of phenolic OH excluding ortho intramolecular Hbond substituents is 1. The zero-order valence-electron chi connectivity index (χ0n) is 29.8. The first-order valence-corrected chi connectivity index (χ1v) is 20.2. The maximum atomic E-state index is 13.1. The smallest absolute Gasteiger partial charge is 0.501 e. The molecule has 0 aliphatic heterocycles. The number of benzene rings is 6. The third kappa shape index (κ3) is 6.56. The number of hydrogen-bond acceptors (Lipinski definition) is 5. The molecule has 6 aromatic carbocycles. The number of sulfone groups is 2. The van der Waals surface area contributed by atoms with Gasteiger partial charge in [0.2, 0.25) is 0 Å². The van der Waals surface area contributed by atoms with E-state index in [1.54, 1.807) is 12.1 Å². The van der Waals surface area contributed by atoms with Crippen molar-refractivity contribution in [3.63, 3.8) is 0 Å². The van der Waals surface area contributed by atoms with Gasteiger partial charge in [-0.2, -0.15) is 26.3 Å². The van der Waals surface area contributed by atoms with E-state index in [1.165, 1.54) is 79.9 Å². The van der Waals surface area contributed by atoms with Gasteiger partial charge in [0.25, 0.3) is 19.7 Å². The zero-order chi connectivity index (χ0) is 40.4. The van der Waals surface area contributed by atoms with Crippen molar-refractivity contribution >= 4 is 19.7 Å². The molecule has 288 valence electrons. The highest BCUT2D eigenvalue weighted by Gasteiger charge is 2.55. The van der Waals surface area contributed by atoms with Crippen LogP contribution >= 0.6 is 0 Å². The number of rotatable bonds is 5. The first kappa shape index (κ1) is 38.9. The Labute approximate surface area is 319 Å². The minimum atomic E-state index is -6.37. The highest BCUT2D eigenvalue weighted by Crippen LogP contribution is 2.49. The topological polar surface area (TPSA) is 88.5 Å². The maximum Gasteiger partial charge on any atom is 0.501 e. The van der Waals surface area contributed by atoms with Crippen LogP contribution in [0.15, 0.2) is 125 Å². The van der Waals surface area contributed by atoms with Crippen LogP contribution in [0.1, 0.15) is 44.5 Å². The lowest BCUT2D eigenvalue weighted by molar-refractivity contribution is -0.0456. The van der Waals surface area contributed by atoms with Crippen LogP contribution in [0.5, 0.6) is 5.75 Å². The third-order valence-electron chi connectivity index (χ3n) is 10.4. The summed E-state index contributed by atoms with van der Waals surface area (Å²) in [6.45, 7) is 4.54. The largest absolute Gasteiger partial charge is 0.508 e. The molecular weight excluding hydrogens is 775 g/mol. The Morgan fingerprint density at radius 3 is 1.70 bits per heavy atom. The Bertz CT molecular complexity index is 2740. The summed E-state index contributed by atoms with van der Waals surface area (Å²) in [5.74, 6) is 0.305. The van der Waals surface area contributed by atoms with E-state index in [9.17, 15) is 48.3 Å². The van der Waals surface area contributed by atoms with Gasteiger partial charge in [0.15, 0.2) is 0 Å². The number of fused-ring (bicyclic) bond motifs is 6. The van der Waals surface area contributed by atoms with Crippen molar-refractivity contribution in [1.82, 2.24) is 0 Å². The molecule has 0 spiro atoms. The van der Waals surface area contributed by atoms with Crippen LogP contribution in [0.25, 0.3) is 33.4 Å². The minimum absolute atomic E-state index is 0.0606. The number of aromatic hydroxyl groups is 1. The van der Waals surface area contributed by atoms with Crippen molar-refractivity contribution in [2.24, 2.45) is 0 Å². The molecule has 2 aliphatic rings. The van der Waals surface area contributed by atoms with Crippen molar-refractivity contribution in [3.05, 3.63) is 160 Å².